The van der Waals surface area contributed by atoms with E-state index in [4.69, 9.17) is 0 Å². The van der Waals surface area contributed by atoms with Gasteiger partial charge in [-0.25, -0.2) is 4.98 Å². The van der Waals surface area contributed by atoms with E-state index < -0.39 is 4.92 Å². The van der Waals surface area contributed by atoms with E-state index >= 15 is 0 Å². The first-order valence-electron chi connectivity index (χ1n) is 5.34. The van der Waals surface area contributed by atoms with E-state index in [0.717, 1.165) is 19.4 Å². The Bertz CT molecular complexity index is 377. The standard InChI is InChI=1S/C10H14N4O2/c15-14(16)9-4-2-6-12-10(9)13-7-8-3-1-5-11-8/h2,4,6,8,11H,1,3,5,7H2,(H,12,13)/t8-/m0/s1. The van der Waals surface area contributed by atoms with Crippen LogP contribution in [0.2, 0.25) is 0 Å². The van der Waals surface area contributed by atoms with Crippen molar-refractivity contribution in [3.63, 3.8) is 0 Å². The number of anilines is 1. The predicted octanol–water partition coefficient (Wildman–Crippen LogP) is 1.15. The molecule has 0 spiro atoms. The molecule has 1 saturated heterocycles. The lowest BCUT2D eigenvalue weighted by Crippen LogP contribution is -2.29. The fraction of sp³-hybridized carbons (Fsp3) is 0.500. The molecule has 1 fully saturated rings. The number of hydrogen-bond acceptors (Lipinski definition) is 5. The summed E-state index contributed by atoms with van der Waals surface area (Å²) in [5.74, 6) is 0.348. The number of hydrogen-bond donors (Lipinski definition) is 2. The maximum atomic E-state index is 10.7. The van der Waals surface area contributed by atoms with Gasteiger partial charge in [0, 0.05) is 24.8 Å². The lowest BCUT2D eigenvalue weighted by Gasteiger charge is -2.11. The van der Waals surface area contributed by atoms with Gasteiger partial charge in [0.05, 0.1) is 4.92 Å². The second kappa shape index (κ2) is 4.89. The molecule has 6 heteroatoms. The first kappa shape index (κ1) is 10.8. The van der Waals surface area contributed by atoms with Crippen molar-refractivity contribution in [1.82, 2.24) is 10.3 Å². The third kappa shape index (κ3) is 2.46. The molecule has 16 heavy (non-hydrogen) atoms. The van der Waals surface area contributed by atoms with E-state index in [0.29, 0.717) is 18.4 Å². The second-order valence-electron chi connectivity index (χ2n) is 3.80. The monoisotopic (exact) mass is 222 g/mol. The summed E-state index contributed by atoms with van der Waals surface area (Å²) in [5.41, 5.74) is 0.0282. The largest absolute Gasteiger partial charge is 0.363 e. The predicted molar refractivity (Wildman–Crippen MR) is 60.4 cm³/mol. The fourth-order valence-corrected chi connectivity index (χ4v) is 1.83. The van der Waals surface area contributed by atoms with Crippen LogP contribution in [-0.2, 0) is 0 Å². The molecule has 1 aliphatic heterocycles. The van der Waals surface area contributed by atoms with E-state index in [9.17, 15) is 10.1 Å². The van der Waals surface area contributed by atoms with E-state index in [-0.39, 0.29) is 5.69 Å². The first-order chi connectivity index (χ1) is 7.77. The second-order valence-corrected chi connectivity index (χ2v) is 3.80. The maximum absolute atomic E-state index is 10.7. The fourth-order valence-electron chi connectivity index (χ4n) is 1.83. The summed E-state index contributed by atoms with van der Waals surface area (Å²) < 4.78 is 0. The number of nitro groups is 1. The molecule has 1 atom stereocenters. The van der Waals surface area contributed by atoms with Crippen LogP contribution < -0.4 is 10.6 Å². The Kier molecular flexibility index (Phi) is 3.31. The number of rotatable bonds is 4. The molecule has 0 radical (unpaired) electrons. The Balaban J connectivity index is 2.00. The quantitative estimate of drug-likeness (QED) is 0.590. The maximum Gasteiger partial charge on any atom is 0.311 e. The van der Waals surface area contributed by atoms with Crippen LogP contribution in [0.1, 0.15) is 12.8 Å². The van der Waals surface area contributed by atoms with Crippen LogP contribution >= 0.6 is 0 Å². The van der Waals surface area contributed by atoms with Crippen LogP contribution in [0, 0.1) is 10.1 Å². The average molecular weight is 222 g/mol. The molecule has 1 aromatic rings. The first-order valence-corrected chi connectivity index (χ1v) is 5.34. The molecular weight excluding hydrogens is 208 g/mol. The lowest BCUT2D eigenvalue weighted by molar-refractivity contribution is -0.384. The molecule has 2 rings (SSSR count). The van der Waals surface area contributed by atoms with E-state index in [1.807, 2.05) is 0 Å². The van der Waals surface area contributed by atoms with Crippen molar-refractivity contribution < 1.29 is 4.92 Å². The zero-order chi connectivity index (χ0) is 11.4. The third-order valence-electron chi connectivity index (χ3n) is 2.66. The minimum absolute atomic E-state index is 0.0282. The molecule has 1 aliphatic rings. The topological polar surface area (TPSA) is 80.1 Å². The molecule has 2 N–H and O–H groups in total. The Hall–Kier alpha value is -1.69. The van der Waals surface area contributed by atoms with Gasteiger partial charge in [0.1, 0.15) is 0 Å². The molecule has 0 amide bonds. The zero-order valence-corrected chi connectivity index (χ0v) is 8.85. The highest BCUT2D eigenvalue weighted by atomic mass is 16.6. The van der Waals surface area contributed by atoms with Gasteiger partial charge in [-0.15, -0.1) is 0 Å². The van der Waals surface area contributed by atoms with Gasteiger partial charge in [-0.3, -0.25) is 10.1 Å². The van der Waals surface area contributed by atoms with Crippen LogP contribution in [0.5, 0.6) is 0 Å². The molecule has 0 aromatic carbocycles. The Labute approximate surface area is 93.2 Å². The summed E-state index contributed by atoms with van der Waals surface area (Å²) in [5, 5.41) is 17.1. The minimum Gasteiger partial charge on any atom is -0.363 e. The molecular formula is C10H14N4O2. The Morgan fingerprint density at radius 1 is 1.69 bits per heavy atom. The Morgan fingerprint density at radius 3 is 3.25 bits per heavy atom. The minimum atomic E-state index is -0.419. The van der Waals surface area contributed by atoms with E-state index in [1.165, 1.54) is 6.07 Å². The number of aromatic nitrogens is 1. The van der Waals surface area contributed by atoms with Crippen molar-refractivity contribution in [2.75, 3.05) is 18.4 Å². The number of nitrogens with one attached hydrogen (secondary N) is 2. The van der Waals surface area contributed by atoms with Crippen molar-refractivity contribution in [3.8, 4) is 0 Å². The average Bonchev–Trinajstić information content (AvgIpc) is 2.79. The summed E-state index contributed by atoms with van der Waals surface area (Å²) in [6, 6.07) is 3.41. The molecule has 6 nitrogen and oxygen atoms in total. The van der Waals surface area contributed by atoms with Gasteiger partial charge in [0.25, 0.3) is 0 Å². The van der Waals surface area contributed by atoms with Crippen molar-refractivity contribution >= 4 is 11.5 Å². The number of pyridine rings is 1. The highest BCUT2D eigenvalue weighted by molar-refractivity contribution is 5.55. The molecule has 0 unspecified atom stereocenters. The summed E-state index contributed by atoms with van der Waals surface area (Å²) in [7, 11) is 0. The van der Waals surface area contributed by atoms with Gasteiger partial charge in [-0.2, -0.15) is 0 Å². The SMILES string of the molecule is O=[N+]([O-])c1cccnc1NC[C@@H]1CCCN1. The van der Waals surface area contributed by atoms with Gasteiger partial charge in [-0.1, -0.05) is 0 Å². The van der Waals surface area contributed by atoms with Crippen LogP contribution in [0.25, 0.3) is 0 Å². The van der Waals surface area contributed by atoms with Gasteiger partial charge in [0.15, 0.2) is 0 Å². The van der Waals surface area contributed by atoms with E-state index in [2.05, 4.69) is 15.6 Å². The molecule has 2 heterocycles. The molecule has 0 bridgehead atoms. The summed E-state index contributed by atoms with van der Waals surface area (Å²) in [6.07, 6.45) is 3.82. The summed E-state index contributed by atoms with van der Waals surface area (Å²) in [4.78, 5) is 14.3. The van der Waals surface area contributed by atoms with Crippen molar-refractivity contribution in [2.24, 2.45) is 0 Å². The molecule has 86 valence electrons. The third-order valence-corrected chi connectivity index (χ3v) is 2.66. The molecule has 0 aliphatic carbocycles. The van der Waals surface area contributed by atoms with Gasteiger partial charge < -0.3 is 10.6 Å². The van der Waals surface area contributed by atoms with Crippen molar-refractivity contribution in [2.45, 2.75) is 18.9 Å². The number of nitrogens with zero attached hydrogens (tertiary/aromatic N) is 2. The van der Waals surface area contributed by atoms with Gasteiger partial charge >= 0.3 is 5.69 Å². The zero-order valence-electron chi connectivity index (χ0n) is 8.85. The van der Waals surface area contributed by atoms with Gasteiger partial charge in [-0.05, 0) is 25.5 Å². The van der Waals surface area contributed by atoms with Crippen LogP contribution in [0.15, 0.2) is 18.3 Å². The van der Waals surface area contributed by atoms with Crippen molar-refractivity contribution in [1.29, 1.82) is 0 Å². The molecule has 1 aromatic heterocycles. The highest BCUT2D eigenvalue weighted by Gasteiger charge is 2.17. The van der Waals surface area contributed by atoms with Crippen LogP contribution in [0.4, 0.5) is 11.5 Å². The van der Waals surface area contributed by atoms with Gasteiger partial charge in [0.2, 0.25) is 5.82 Å². The smallest absolute Gasteiger partial charge is 0.311 e. The Morgan fingerprint density at radius 2 is 2.56 bits per heavy atom. The van der Waals surface area contributed by atoms with E-state index in [1.54, 1.807) is 12.3 Å². The normalized spacial score (nSPS) is 19.6. The van der Waals surface area contributed by atoms with Crippen molar-refractivity contribution in [3.05, 3.63) is 28.4 Å². The molecule has 0 saturated carbocycles. The lowest BCUT2D eigenvalue weighted by atomic mass is 10.2. The summed E-state index contributed by atoms with van der Waals surface area (Å²) in [6.45, 7) is 1.70. The summed E-state index contributed by atoms with van der Waals surface area (Å²) >= 11 is 0. The van der Waals surface area contributed by atoms with Crippen LogP contribution in [0.3, 0.4) is 0 Å². The van der Waals surface area contributed by atoms with Crippen LogP contribution in [-0.4, -0.2) is 29.0 Å². The highest BCUT2D eigenvalue weighted by Crippen LogP contribution is 2.20.